The highest BCUT2D eigenvalue weighted by Crippen LogP contribution is 2.57. The van der Waals surface area contributed by atoms with Crippen LogP contribution in [0, 0.1) is 11.8 Å². The molecular weight excluding hydrogens is 691 g/mol. The number of nitrogens with zero attached hydrogens (tertiary/aromatic N) is 2. The molecule has 4 aliphatic rings. The number of carboxylic acid groups (broad SMARTS) is 1. The Labute approximate surface area is 309 Å². The van der Waals surface area contributed by atoms with E-state index in [1.54, 1.807) is 12.1 Å². The van der Waals surface area contributed by atoms with Gasteiger partial charge in [0, 0.05) is 41.3 Å². The van der Waals surface area contributed by atoms with Gasteiger partial charge in [0.2, 0.25) is 0 Å². The molecule has 52 heavy (non-hydrogen) atoms. The van der Waals surface area contributed by atoms with Crippen LogP contribution in [0.1, 0.15) is 93.5 Å². The fraction of sp³-hybridized carbons (Fsp3) is 0.561. The van der Waals surface area contributed by atoms with Crippen LogP contribution in [0.25, 0.3) is 0 Å². The van der Waals surface area contributed by atoms with Gasteiger partial charge < -0.3 is 19.9 Å². The molecule has 4 atom stereocenters. The number of aromatic nitrogens is 1. The van der Waals surface area contributed by atoms with Gasteiger partial charge in [-0.2, -0.15) is 13.2 Å². The van der Waals surface area contributed by atoms with Crippen LogP contribution < -0.4 is 14.8 Å². The lowest BCUT2D eigenvalue weighted by atomic mass is 9.59. The van der Waals surface area contributed by atoms with E-state index in [1.807, 2.05) is 30.5 Å². The summed E-state index contributed by atoms with van der Waals surface area (Å²) in [6.45, 7) is 4.71. The quantitative estimate of drug-likeness (QED) is 0.203. The highest BCUT2D eigenvalue weighted by Gasteiger charge is 2.54. The molecular formula is C41H49ClF3N3O4. The zero-order valence-electron chi connectivity index (χ0n) is 30.0. The molecule has 3 aliphatic carbocycles. The number of carboxylic acids is 1. The molecule has 1 aliphatic heterocycles. The van der Waals surface area contributed by atoms with Crippen molar-refractivity contribution in [3.63, 3.8) is 0 Å². The topological polar surface area (TPSA) is 83.9 Å². The maximum Gasteiger partial charge on any atom is 0.401 e. The second kappa shape index (κ2) is 14.7. The first-order chi connectivity index (χ1) is 24.8. The first-order valence-corrected chi connectivity index (χ1v) is 19.2. The first kappa shape index (κ1) is 36.8. The standard InChI is InChI=1S/C41H49ClF3N3O4/c1-26(24-51-36-11-17-46-35-8-3-5-27(2)37(35)36)19-29-20-28-9-10-32(52-33-12-18-48(23-33)25-41(43,44)45)22-34(28)39(29)13-15-40(16-14-39,38(49)50)47-31-7-4-6-30(42)21-31/h4,6-7,9-11,17,21-22,26-27,29,33,47H,3,5,8,12-16,18-20,23-25H2,1-2H3,(H,49,50)/t26-,27-,29?,33?,39?,40?/m1/s1. The van der Waals surface area contributed by atoms with Crippen LogP contribution in [-0.2, 0) is 23.1 Å². The molecule has 2 aromatic carbocycles. The maximum atomic E-state index is 13.1. The second-order valence-electron chi connectivity index (χ2n) is 15.9. The molecule has 1 spiro atoms. The number of anilines is 1. The molecule has 1 aromatic heterocycles. The van der Waals surface area contributed by atoms with Gasteiger partial charge in [0.15, 0.2) is 0 Å². The molecule has 1 saturated heterocycles. The van der Waals surface area contributed by atoms with Gasteiger partial charge >= 0.3 is 12.1 Å². The Bertz CT molecular complexity index is 1760. The molecule has 11 heteroatoms. The minimum atomic E-state index is -4.24. The van der Waals surface area contributed by atoms with Crippen molar-refractivity contribution in [3.05, 3.63) is 82.1 Å². The van der Waals surface area contributed by atoms with Crippen molar-refractivity contribution in [3.8, 4) is 11.5 Å². The minimum Gasteiger partial charge on any atom is -0.493 e. The Hall–Kier alpha value is -3.50. The van der Waals surface area contributed by atoms with Crippen LogP contribution >= 0.6 is 11.6 Å². The number of carbonyl (C=O) groups is 1. The van der Waals surface area contributed by atoms with Gasteiger partial charge in [0.1, 0.15) is 23.1 Å². The molecule has 2 N–H and O–H groups in total. The van der Waals surface area contributed by atoms with Crippen molar-refractivity contribution in [1.82, 2.24) is 9.88 Å². The van der Waals surface area contributed by atoms with Crippen molar-refractivity contribution < 1.29 is 32.5 Å². The molecule has 1 saturated carbocycles. The lowest BCUT2D eigenvalue weighted by Crippen LogP contribution is -2.53. The third-order valence-electron chi connectivity index (χ3n) is 12.2. The molecule has 2 unspecified atom stereocenters. The van der Waals surface area contributed by atoms with Crippen molar-refractivity contribution in [2.75, 3.05) is 31.6 Å². The van der Waals surface area contributed by atoms with E-state index in [2.05, 4.69) is 36.3 Å². The van der Waals surface area contributed by atoms with Gasteiger partial charge in [-0.25, -0.2) is 4.79 Å². The summed E-state index contributed by atoms with van der Waals surface area (Å²) in [4.78, 5) is 19.0. The lowest BCUT2D eigenvalue weighted by molar-refractivity contribution is -0.145. The van der Waals surface area contributed by atoms with E-state index in [0.29, 0.717) is 67.6 Å². The van der Waals surface area contributed by atoms with Crippen LogP contribution in [0.2, 0.25) is 5.02 Å². The number of likely N-dealkylation sites (tertiary alicyclic amines) is 1. The van der Waals surface area contributed by atoms with Gasteiger partial charge in [-0.3, -0.25) is 9.88 Å². The Balaban J connectivity index is 1.12. The Kier molecular flexibility index (Phi) is 10.4. The number of aliphatic carboxylic acids is 1. The molecule has 0 bridgehead atoms. The van der Waals surface area contributed by atoms with E-state index in [-0.39, 0.29) is 29.9 Å². The van der Waals surface area contributed by atoms with Gasteiger partial charge in [0.05, 0.1) is 13.2 Å². The minimum absolute atomic E-state index is 0.234. The highest BCUT2D eigenvalue weighted by molar-refractivity contribution is 6.30. The second-order valence-corrected chi connectivity index (χ2v) is 16.3. The molecule has 280 valence electrons. The number of pyridine rings is 1. The summed E-state index contributed by atoms with van der Waals surface area (Å²) in [5, 5.41) is 14.5. The number of rotatable bonds is 11. The fourth-order valence-electron chi connectivity index (χ4n) is 9.63. The highest BCUT2D eigenvalue weighted by atomic mass is 35.5. The van der Waals surface area contributed by atoms with Crippen molar-refractivity contribution in [2.24, 2.45) is 11.8 Å². The monoisotopic (exact) mass is 739 g/mol. The number of fused-ring (bicyclic) bond motifs is 3. The SMILES string of the molecule is C[C@@H](COc1ccnc2c1[C@H](C)CCC2)CC1Cc2ccc(OC3CCN(CC(F)(F)F)C3)cc2C12CCC(Nc1cccc(Cl)c1)(C(=O)O)CC2. The summed E-state index contributed by atoms with van der Waals surface area (Å²) in [5.41, 5.74) is 4.07. The Morgan fingerprint density at radius 3 is 2.69 bits per heavy atom. The van der Waals surface area contributed by atoms with Gasteiger partial charge in [-0.15, -0.1) is 0 Å². The Morgan fingerprint density at radius 2 is 1.94 bits per heavy atom. The number of benzene rings is 2. The summed E-state index contributed by atoms with van der Waals surface area (Å²) >= 11 is 6.26. The largest absolute Gasteiger partial charge is 0.493 e. The molecule has 0 amide bonds. The smallest absolute Gasteiger partial charge is 0.401 e. The summed E-state index contributed by atoms with van der Waals surface area (Å²) in [6, 6.07) is 15.4. The maximum absolute atomic E-state index is 13.1. The summed E-state index contributed by atoms with van der Waals surface area (Å²) in [5.74, 6) is 1.64. The third-order valence-corrected chi connectivity index (χ3v) is 12.4. The molecule has 3 aromatic rings. The van der Waals surface area contributed by atoms with E-state index in [4.69, 9.17) is 21.1 Å². The third kappa shape index (κ3) is 7.74. The van der Waals surface area contributed by atoms with Crippen LogP contribution in [0.15, 0.2) is 54.7 Å². The fourth-order valence-corrected chi connectivity index (χ4v) is 9.82. The number of alkyl halides is 3. The Morgan fingerprint density at radius 1 is 1.13 bits per heavy atom. The average molecular weight is 740 g/mol. The predicted octanol–water partition coefficient (Wildman–Crippen LogP) is 9.22. The molecule has 7 rings (SSSR count). The van der Waals surface area contributed by atoms with Crippen LogP contribution in [-0.4, -0.2) is 65.0 Å². The number of halogens is 4. The van der Waals surface area contributed by atoms with Crippen molar-refractivity contribution >= 4 is 23.3 Å². The summed E-state index contributed by atoms with van der Waals surface area (Å²) < 4.78 is 52.1. The van der Waals surface area contributed by atoms with Gasteiger partial charge in [0.25, 0.3) is 0 Å². The van der Waals surface area contributed by atoms with E-state index in [9.17, 15) is 23.1 Å². The van der Waals surface area contributed by atoms with Crippen molar-refractivity contribution in [2.45, 2.75) is 107 Å². The van der Waals surface area contributed by atoms with Gasteiger partial charge in [-0.05, 0) is 135 Å². The zero-order chi connectivity index (χ0) is 36.7. The van der Waals surface area contributed by atoms with E-state index < -0.39 is 24.2 Å². The van der Waals surface area contributed by atoms with E-state index >= 15 is 0 Å². The number of hydrogen-bond donors (Lipinski definition) is 2. The first-order valence-electron chi connectivity index (χ1n) is 18.8. The number of ether oxygens (including phenoxy) is 2. The summed E-state index contributed by atoms with van der Waals surface area (Å²) in [6.07, 6.45) is 5.06. The molecule has 2 heterocycles. The van der Waals surface area contributed by atoms with Crippen LogP contribution in [0.4, 0.5) is 18.9 Å². The average Bonchev–Trinajstić information content (AvgIpc) is 3.64. The number of aryl methyl sites for hydroxylation is 1. The van der Waals surface area contributed by atoms with Crippen LogP contribution in [0.5, 0.6) is 11.5 Å². The van der Waals surface area contributed by atoms with Gasteiger partial charge in [-0.1, -0.05) is 37.6 Å². The predicted molar refractivity (Wildman–Crippen MR) is 196 cm³/mol. The van der Waals surface area contributed by atoms with E-state index in [1.165, 1.54) is 21.6 Å². The number of hydrogen-bond acceptors (Lipinski definition) is 6. The zero-order valence-corrected chi connectivity index (χ0v) is 30.7. The van der Waals surface area contributed by atoms with Crippen LogP contribution in [0.3, 0.4) is 0 Å². The lowest BCUT2D eigenvalue weighted by Gasteiger charge is -2.47. The number of nitrogens with one attached hydrogen (secondary N) is 1. The molecule has 0 radical (unpaired) electrons. The van der Waals surface area contributed by atoms with Crippen molar-refractivity contribution in [1.29, 1.82) is 0 Å². The normalized spacial score (nSPS) is 27.9. The molecule has 7 nitrogen and oxygen atoms in total. The molecule has 2 fully saturated rings. The van der Waals surface area contributed by atoms with E-state index in [0.717, 1.165) is 43.5 Å². The summed E-state index contributed by atoms with van der Waals surface area (Å²) in [7, 11) is 0.